The van der Waals surface area contributed by atoms with Crippen LogP contribution in [0.25, 0.3) is 0 Å². The lowest BCUT2D eigenvalue weighted by molar-refractivity contribution is -0.0498. The number of ether oxygens (including phenoxy) is 1. The lowest BCUT2D eigenvalue weighted by Gasteiger charge is -2.07. The number of benzene rings is 2. The van der Waals surface area contributed by atoms with Crippen molar-refractivity contribution in [2.45, 2.75) is 13.0 Å². The Morgan fingerprint density at radius 3 is 2.62 bits per heavy atom. The van der Waals surface area contributed by atoms with E-state index in [0.717, 1.165) is 6.07 Å². The fraction of sp³-hybridized carbons (Fsp3) is 0.133. The van der Waals surface area contributed by atoms with E-state index in [4.69, 9.17) is 11.6 Å². The summed E-state index contributed by atoms with van der Waals surface area (Å²) in [5.74, 6) is -0.923. The van der Waals surface area contributed by atoms with Crippen LogP contribution in [0.5, 0.6) is 5.75 Å². The SMILES string of the molecule is O=C(Cc1ccc(F)cc1Cl)c1cccc(OC(F)F)c1. The molecule has 0 unspecified atom stereocenters. The molecule has 110 valence electrons. The van der Waals surface area contributed by atoms with Crippen molar-refractivity contribution < 1.29 is 22.7 Å². The van der Waals surface area contributed by atoms with Gasteiger partial charge in [-0.1, -0.05) is 29.8 Å². The van der Waals surface area contributed by atoms with E-state index >= 15 is 0 Å². The third-order valence-corrected chi connectivity index (χ3v) is 3.10. The highest BCUT2D eigenvalue weighted by atomic mass is 35.5. The molecule has 2 aromatic carbocycles. The molecule has 0 heterocycles. The molecular weight excluding hydrogens is 305 g/mol. The largest absolute Gasteiger partial charge is 0.435 e. The van der Waals surface area contributed by atoms with Gasteiger partial charge in [-0.25, -0.2) is 4.39 Å². The Kier molecular flexibility index (Phi) is 4.85. The van der Waals surface area contributed by atoms with E-state index in [1.807, 2.05) is 0 Å². The Labute approximate surface area is 124 Å². The molecule has 0 aliphatic rings. The Balaban J connectivity index is 2.16. The highest BCUT2D eigenvalue weighted by molar-refractivity contribution is 6.31. The van der Waals surface area contributed by atoms with Crippen molar-refractivity contribution in [2.24, 2.45) is 0 Å². The van der Waals surface area contributed by atoms with E-state index in [1.54, 1.807) is 0 Å². The van der Waals surface area contributed by atoms with Crippen LogP contribution < -0.4 is 4.74 Å². The van der Waals surface area contributed by atoms with Crippen LogP contribution in [0.4, 0.5) is 13.2 Å². The minimum absolute atomic E-state index is 0.0583. The van der Waals surface area contributed by atoms with Crippen molar-refractivity contribution >= 4 is 17.4 Å². The summed E-state index contributed by atoms with van der Waals surface area (Å²) in [6, 6.07) is 9.20. The van der Waals surface area contributed by atoms with E-state index < -0.39 is 12.4 Å². The van der Waals surface area contributed by atoms with Crippen LogP contribution >= 0.6 is 11.6 Å². The number of halogens is 4. The normalized spacial score (nSPS) is 10.7. The third-order valence-electron chi connectivity index (χ3n) is 2.75. The summed E-state index contributed by atoms with van der Waals surface area (Å²) < 4.78 is 41.4. The Hall–Kier alpha value is -2.01. The molecule has 0 aliphatic heterocycles. The molecule has 0 spiro atoms. The first kappa shape index (κ1) is 15.4. The molecule has 0 saturated heterocycles. The summed E-state index contributed by atoms with van der Waals surface area (Å²) >= 11 is 5.85. The van der Waals surface area contributed by atoms with Crippen molar-refractivity contribution in [1.29, 1.82) is 0 Å². The minimum atomic E-state index is -2.96. The van der Waals surface area contributed by atoms with Gasteiger partial charge in [-0.05, 0) is 29.8 Å². The highest BCUT2D eigenvalue weighted by Gasteiger charge is 2.12. The topological polar surface area (TPSA) is 26.3 Å². The molecule has 21 heavy (non-hydrogen) atoms. The predicted octanol–water partition coefficient (Wildman–Crippen LogP) is 4.51. The summed E-state index contributed by atoms with van der Waals surface area (Å²) in [4.78, 5) is 12.1. The molecule has 0 saturated carbocycles. The lowest BCUT2D eigenvalue weighted by Crippen LogP contribution is -2.06. The average molecular weight is 315 g/mol. The molecule has 0 aliphatic carbocycles. The van der Waals surface area contributed by atoms with Crippen LogP contribution in [0.3, 0.4) is 0 Å². The van der Waals surface area contributed by atoms with Gasteiger partial charge in [0.05, 0.1) is 0 Å². The number of alkyl halides is 2. The summed E-state index contributed by atoms with van der Waals surface area (Å²) in [7, 11) is 0. The summed E-state index contributed by atoms with van der Waals surface area (Å²) in [5.41, 5.74) is 0.678. The molecule has 0 N–H and O–H groups in total. The van der Waals surface area contributed by atoms with Gasteiger partial charge in [0, 0.05) is 17.0 Å². The zero-order chi connectivity index (χ0) is 15.4. The Bertz CT molecular complexity index is 659. The van der Waals surface area contributed by atoms with Gasteiger partial charge >= 0.3 is 6.61 Å². The standard InChI is InChI=1S/C15H10ClF3O2/c16-13-8-11(17)5-4-9(13)7-14(20)10-2-1-3-12(6-10)21-15(18)19/h1-6,8,15H,7H2. The number of ketones is 1. The van der Waals surface area contributed by atoms with Crippen molar-refractivity contribution in [2.75, 3.05) is 0 Å². The first-order chi connectivity index (χ1) is 9.95. The van der Waals surface area contributed by atoms with E-state index in [-0.39, 0.29) is 28.5 Å². The van der Waals surface area contributed by atoms with Crippen molar-refractivity contribution in [3.8, 4) is 5.75 Å². The number of hydrogen-bond acceptors (Lipinski definition) is 2. The fourth-order valence-electron chi connectivity index (χ4n) is 1.79. The maximum Gasteiger partial charge on any atom is 0.387 e. The van der Waals surface area contributed by atoms with Crippen LogP contribution in [0.2, 0.25) is 5.02 Å². The van der Waals surface area contributed by atoms with Crippen LogP contribution in [-0.4, -0.2) is 12.4 Å². The molecule has 6 heteroatoms. The van der Waals surface area contributed by atoms with Crippen molar-refractivity contribution in [3.63, 3.8) is 0 Å². The summed E-state index contributed by atoms with van der Waals surface area (Å²) in [5, 5.41) is 0.142. The van der Waals surface area contributed by atoms with Crippen LogP contribution in [0.15, 0.2) is 42.5 Å². The summed E-state index contributed by atoms with van der Waals surface area (Å²) in [6.07, 6.45) is -0.0583. The number of rotatable bonds is 5. The van der Waals surface area contributed by atoms with Gasteiger partial charge < -0.3 is 4.74 Å². The van der Waals surface area contributed by atoms with Gasteiger partial charge in [0.25, 0.3) is 0 Å². The van der Waals surface area contributed by atoms with Crippen molar-refractivity contribution in [1.82, 2.24) is 0 Å². The fourth-order valence-corrected chi connectivity index (χ4v) is 2.02. The quantitative estimate of drug-likeness (QED) is 0.759. The number of carbonyl (C=O) groups excluding carboxylic acids is 1. The van der Waals surface area contributed by atoms with Crippen molar-refractivity contribution in [3.05, 3.63) is 64.4 Å². The van der Waals surface area contributed by atoms with Gasteiger partial charge in [0.15, 0.2) is 5.78 Å². The van der Waals surface area contributed by atoms with Gasteiger partial charge in [-0.3, -0.25) is 4.79 Å². The Morgan fingerprint density at radius 2 is 1.95 bits per heavy atom. The second kappa shape index (κ2) is 6.63. The van der Waals surface area contributed by atoms with E-state index in [9.17, 15) is 18.0 Å². The monoisotopic (exact) mass is 314 g/mol. The average Bonchev–Trinajstić information content (AvgIpc) is 2.41. The number of carbonyl (C=O) groups is 1. The third kappa shape index (κ3) is 4.23. The molecule has 0 bridgehead atoms. The molecule has 0 fully saturated rings. The van der Waals surface area contributed by atoms with E-state index in [1.165, 1.54) is 36.4 Å². The molecule has 0 atom stereocenters. The molecule has 2 aromatic rings. The molecule has 0 amide bonds. The van der Waals surface area contributed by atoms with Crippen LogP contribution in [-0.2, 0) is 6.42 Å². The lowest BCUT2D eigenvalue weighted by atomic mass is 10.0. The predicted molar refractivity (Wildman–Crippen MR) is 72.5 cm³/mol. The molecule has 2 rings (SSSR count). The van der Waals surface area contributed by atoms with E-state index in [0.29, 0.717) is 5.56 Å². The second-order valence-electron chi connectivity index (χ2n) is 4.24. The molecule has 2 nitrogen and oxygen atoms in total. The zero-order valence-electron chi connectivity index (χ0n) is 10.7. The minimum Gasteiger partial charge on any atom is -0.435 e. The summed E-state index contributed by atoms with van der Waals surface area (Å²) in [6.45, 7) is -2.96. The van der Waals surface area contributed by atoms with Gasteiger partial charge in [-0.2, -0.15) is 8.78 Å². The number of Topliss-reactive ketones (excluding diaryl/α,β-unsaturated/α-hetero) is 1. The first-order valence-electron chi connectivity index (χ1n) is 5.97. The smallest absolute Gasteiger partial charge is 0.387 e. The first-order valence-corrected chi connectivity index (χ1v) is 6.35. The van der Waals surface area contributed by atoms with Gasteiger partial charge in [0.1, 0.15) is 11.6 Å². The highest BCUT2D eigenvalue weighted by Crippen LogP contribution is 2.21. The maximum atomic E-state index is 12.9. The second-order valence-corrected chi connectivity index (χ2v) is 4.65. The molecular formula is C15H10ClF3O2. The van der Waals surface area contributed by atoms with Gasteiger partial charge in [0.2, 0.25) is 0 Å². The molecule has 0 radical (unpaired) electrons. The van der Waals surface area contributed by atoms with Crippen LogP contribution in [0.1, 0.15) is 15.9 Å². The zero-order valence-corrected chi connectivity index (χ0v) is 11.4. The number of hydrogen-bond donors (Lipinski definition) is 0. The van der Waals surface area contributed by atoms with Crippen LogP contribution in [0, 0.1) is 5.82 Å². The Morgan fingerprint density at radius 1 is 1.19 bits per heavy atom. The van der Waals surface area contributed by atoms with E-state index in [2.05, 4.69) is 4.74 Å². The maximum absolute atomic E-state index is 12.9. The van der Waals surface area contributed by atoms with Gasteiger partial charge in [-0.15, -0.1) is 0 Å². The molecule has 0 aromatic heterocycles.